The van der Waals surface area contributed by atoms with E-state index in [9.17, 15) is 0 Å². The molecule has 0 bridgehead atoms. The third kappa shape index (κ3) is 3.20. The van der Waals surface area contributed by atoms with Gasteiger partial charge in [-0.05, 0) is 24.1 Å². The zero-order valence-electron chi connectivity index (χ0n) is 14.4. The Morgan fingerprint density at radius 1 is 0.920 bits per heavy atom. The summed E-state index contributed by atoms with van der Waals surface area (Å²) in [7, 11) is 0. The minimum Gasteiger partial charge on any atom is -0.492 e. The summed E-state index contributed by atoms with van der Waals surface area (Å²) < 4.78 is 5.96. The van der Waals surface area contributed by atoms with Crippen molar-refractivity contribution in [1.82, 2.24) is 0 Å². The third-order valence-corrected chi connectivity index (χ3v) is 4.75. The number of ether oxygens (including phenoxy) is 1. The number of benzene rings is 3. The van der Waals surface area contributed by atoms with Gasteiger partial charge in [-0.3, -0.25) is 4.99 Å². The van der Waals surface area contributed by atoms with Crippen LogP contribution in [-0.2, 0) is 6.54 Å². The summed E-state index contributed by atoms with van der Waals surface area (Å²) in [6, 6.07) is 27.2. The van der Waals surface area contributed by atoms with Crippen molar-refractivity contribution in [1.29, 1.82) is 0 Å². The van der Waals surface area contributed by atoms with Crippen LogP contribution in [0.15, 0.2) is 83.9 Å². The molecule has 25 heavy (non-hydrogen) atoms. The number of aliphatic imine (C=N–C) groups is 1. The van der Waals surface area contributed by atoms with Crippen LogP contribution < -0.4 is 4.74 Å². The van der Waals surface area contributed by atoms with E-state index in [1.807, 2.05) is 6.07 Å². The molecule has 0 radical (unpaired) electrons. The van der Waals surface area contributed by atoms with E-state index in [1.165, 1.54) is 22.3 Å². The Hall–Kier alpha value is -2.87. The zero-order chi connectivity index (χ0) is 17.1. The van der Waals surface area contributed by atoms with Crippen molar-refractivity contribution in [2.24, 2.45) is 4.99 Å². The van der Waals surface area contributed by atoms with Gasteiger partial charge in [0.05, 0.1) is 13.2 Å². The second kappa shape index (κ2) is 6.94. The van der Waals surface area contributed by atoms with Crippen molar-refractivity contribution < 1.29 is 4.74 Å². The lowest BCUT2D eigenvalue weighted by molar-refractivity contribution is 0.343. The van der Waals surface area contributed by atoms with Crippen LogP contribution in [0.4, 0.5) is 0 Å². The fourth-order valence-corrected chi connectivity index (χ4v) is 3.43. The van der Waals surface area contributed by atoms with Crippen molar-refractivity contribution in [3.8, 4) is 5.75 Å². The summed E-state index contributed by atoms with van der Waals surface area (Å²) in [5.41, 5.74) is 6.05. The maximum absolute atomic E-state index is 5.96. The lowest BCUT2D eigenvalue weighted by Crippen LogP contribution is -2.07. The Bertz CT molecular complexity index is 884. The van der Waals surface area contributed by atoms with Gasteiger partial charge in [-0.1, -0.05) is 72.8 Å². The lowest BCUT2D eigenvalue weighted by atomic mass is 9.88. The van der Waals surface area contributed by atoms with E-state index in [4.69, 9.17) is 9.73 Å². The molecule has 2 nitrogen and oxygen atoms in total. The van der Waals surface area contributed by atoms with Crippen LogP contribution in [0.3, 0.4) is 0 Å². The van der Waals surface area contributed by atoms with Gasteiger partial charge in [-0.15, -0.1) is 0 Å². The molecule has 0 saturated heterocycles. The van der Waals surface area contributed by atoms with Gasteiger partial charge in [-0.2, -0.15) is 0 Å². The first-order valence-electron chi connectivity index (χ1n) is 8.69. The molecule has 3 aromatic rings. The van der Waals surface area contributed by atoms with Crippen molar-refractivity contribution in [2.75, 3.05) is 6.61 Å². The van der Waals surface area contributed by atoms with Crippen LogP contribution >= 0.6 is 0 Å². The second-order valence-electron chi connectivity index (χ2n) is 6.38. The average Bonchev–Trinajstić information content (AvgIpc) is 3.12. The molecule has 1 aliphatic heterocycles. The highest BCUT2D eigenvalue weighted by molar-refractivity contribution is 6.01. The van der Waals surface area contributed by atoms with Crippen LogP contribution in [0, 0.1) is 0 Å². The molecule has 0 fully saturated rings. The van der Waals surface area contributed by atoms with E-state index < -0.39 is 0 Å². The molecule has 0 aromatic heterocycles. The van der Waals surface area contributed by atoms with Gasteiger partial charge in [-0.25, -0.2) is 0 Å². The highest BCUT2D eigenvalue weighted by atomic mass is 16.5. The number of hydrogen-bond donors (Lipinski definition) is 0. The third-order valence-electron chi connectivity index (χ3n) is 4.75. The molecular weight excluding hydrogens is 306 g/mol. The Kier molecular flexibility index (Phi) is 4.34. The summed E-state index contributed by atoms with van der Waals surface area (Å²) in [6.07, 6.45) is 0. The largest absolute Gasteiger partial charge is 0.492 e. The molecule has 4 rings (SSSR count). The molecule has 124 valence electrons. The quantitative estimate of drug-likeness (QED) is 0.602. The molecule has 0 amide bonds. The molecule has 0 aliphatic carbocycles. The second-order valence-corrected chi connectivity index (χ2v) is 6.38. The van der Waals surface area contributed by atoms with Gasteiger partial charge < -0.3 is 4.74 Å². The minimum absolute atomic E-state index is 0.272. The van der Waals surface area contributed by atoms with E-state index in [0.29, 0.717) is 13.2 Å². The van der Waals surface area contributed by atoms with Crippen LogP contribution in [0.25, 0.3) is 0 Å². The van der Waals surface area contributed by atoms with Crippen molar-refractivity contribution >= 4 is 5.71 Å². The Morgan fingerprint density at radius 3 is 2.40 bits per heavy atom. The van der Waals surface area contributed by atoms with Crippen LogP contribution in [0.5, 0.6) is 5.75 Å². The summed E-state index contributed by atoms with van der Waals surface area (Å²) in [5, 5.41) is 0. The lowest BCUT2D eigenvalue weighted by Gasteiger charge is -2.14. The molecule has 0 N–H and O–H groups in total. The summed E-state index contributed by atoms with van der Waals surface area (Å²) in [5.74, 6) is 1.26. The van der Waals surface area contributed by atoms with Gasteiger partial charge in [0.25, 0.3) is 0 Å². The van der Waals surface area contributed by atoms with Crippen molar-refractivity contribution in [3.63, 3.8) is 0 Å². The molecule has 1 heterocycles. The van der Waals surface area contributed by atoms with Gasteiger partial charge in [0, 0.05) is 22.8 Å². The van der Waals surface area contributed by atoms with E-state index in [-0.39, 0.29) is 5.92 Å². The number of fused-ring (bicyclic) bond motifs is 1. The molecule has 2 heteroatoms. The number of nitrogens with zero attached hydrogens (tertiary/aromatic N) is 1. The van der Waals surface area contributed by atoms with Gasteiger partial charge in [0.2, 0.25) is 0 Å². The zero-order valence-corrected chi connectivity index (χ0v) is 14.4. The predicted molar refractivity (Wildman–Crippen MR) is 103 cm³/mol. The maximum atomic E-state index is 5.96. The SMILES string of the molecule is CC(=NCc1ccccc1)c1cccc2c1[C@@H](c1ccccc1)CO2. The maximum Gasteiger partial charge on any atom is 0.123 e. The summed E-state index contributed by atoms with van der Waals surface area (Å²) in [4.78, 5) is 4.83. The van der Waals surface area contributed by atoms with E-state index in [1.54, 1.807) is 0 Å². The minimum atomic E-state index is 0.272. The topological polar surface area (TPSA) is 21.6 Å². The predicted octanol–water partition coefficient (Wildman–Crippen LogP) is 5.22. The van der Waals surface area contributed by atoms with Crippen LogP contribution in [0.2, 0.25) is 0 Å². The molecule has 0 saturated carbocycles. The van der Waals surface area contributed by atoms with Gasteiger partial charge in [0.1, 0.15) is 5.75 Å². The highest BCUT2D eigenvalue weighted by Crippen LogP contribution is 2.40. The molecular formula is C23H21NO. The summed E-state index contributed by atoms with van der Waals surface area (Å²) >= 11 is 0. The van der Waals surface area contributed by atoms with Crippen LogP contribution in [0.1, 0.15) is 35.1 Å². The Morgan fingerprint density at radius 2 is 1.64 bits per heavy atom. The van der Waals surface area contributed by atoms with Gasteiger partial charge >= 0.3 is 0 Å². The van der Waals surface area contributed by atoms with E-state index in [2.05, 4.69) is 79.7 Å². The molecule has 0 spiro atoms. The standard InChI is InChI=1S/C23H21NO/c1-17(24-15-18-9-4-2-5-10-18)20-13-8-14-22-23(20)21(16-25-22)19-11-6-3-7-12-19/h2-14,21H,15-16H2,1H3/t21-/m1/s1. The summed E-state index contributed by atoms with van der Waals surface area (Å²) in [6.45, 7) is 3.49. The first-order valence-corrected chi connectivity index (χ1v) is 8.69. The van der Waals surface area contributed by atoms with Gasteiger partial charge in [0.15, 0.2) is 0 Å². The Labute approximate surface area is 148 Å². The monoisotopic (exact) mass is 327 g/mol. The van der Waals surface area contributed by atoms with Crippen molar-refractivity contribution in [3.05, 3.63) is 101 Å². The number of hydrogen-bond acceptors (Lipinski definition) is 2. The molecule has 1 atom stereocenters. The fourth-order valence-electron chi connectivity index (χ4n) is 3.43. The molecule has 3 aromatic carbocycles. The van der Waals surface area contributed by atoms with Crippen molar-refractivity contribution in [2.45, 2.75) is 19.4 Å². The average molecular weight is 327 g/mol. The smallest absolute Gasteiger partial charge is 0.123 e. The first kappa shape index (κ1) is 15.6. The van der Waals surface area contributed by atoms with Crippen LogP contribution in [-0.4, -0.2) is 12.3 Å². The van der Waals surface area contributed by atoms with E-state index >= 15 is 0 Å². The highest BCUT2D eigenvalue weighted by Gasteiger charge is 2.28. The molecule has 1 aliphatic rings. The molecule has 0 unspecified atom stereocenters. The Balaban J connectivity index is 1.69. The number of rotatable bonds is 4. The fraction of sp³-hybridized carbons (Fsp3) is 0.174. The first-order chi connectivity index (χ1) is 12.3. The van der Waals surface area contributed by atoms with E-state index in [0.717, 1.165) is 11.5 Å². The normalized spacial score (nSPS) is 16.4.